The van der Waals surface area contributed by atoms with E-state index >= 15 is 0 Å². The fourth-order valence-electron chi connectivity index (χ4n) is 5.82. The molecular weight excluding hydrogens is 520 g/mol. The minimum atomic E-state index is -0.923. The van der Waals surface area contributed by atoms with Crippen LogP contribution in [-0.4, -0.2) is 22.2 Å². The monoisotopic (exact) mass is 554 g/mol. The number of benzene rings is 5. The van der Waals surface area contributed by atoms with E-state index in [9.17, 15) is 19.8 Å². The van der Waals surface area contributed by atoms with Gasteiger partial charge in [0.25, 0.3) is 0 Å². The number of hydrogen-bond donors (Lipinski definition) is 2. The summed E-state index contributed by atoms with van der Waals surface area (Å²) in [6, 6.07) is 27.5. The highest BCUT2D eigenvalue weighted by Gasteiger charge is 2.16. The van der Waals surface area contributed by atoms with Crippen molar-refractivity contribution in [1.82, 2.24) is 0 Å². The molecule has 0 spiro atoms. The highest BCUT2D eigenvalue weighted by Crippen LogP contribution is 2.39. The molecule has 0 fully saturated rings. The first-order valence-electron chi connectivity index (χ1n) is 14.0. The van der Waals surface area contributed by atoms with Crippen molar-refractivity contribution in [2.45, 2.75) is 41.5 Å². The molecule has 4 heteroatoms. The van der Waals surface area contributed by atoms with Crippen LogP contribution >= 0.6 is 0 Å². The molecule has 0 atom stereocenters. The molecule has 5 aromatic rings. The molecule has 5 rings (SSSR count). The quantitative estimate of drug-likeness (QED) is 0.219. The average Bonchev–Trinajstić information content (AvgIpc) is 2.96. The van der Waals surface area contributed by atoms with Crippen molar-refractivity contribution in [3.63, 3.8) is 0 Å². The van der Waals surface area contributed by atoms with E-state index in [0.717, 1.165) is 33.4 Å². The van der Waals surface area contributed by atoms with Crippen LogP contribution in [0.4, 0.5) is 0 Å². The summed E-state index contributed by atoms with van der Waals surface area (Å²) in [6.45, 7) is 12.8. The van der Waals surface area contributed by atoms with Gasteiger partial charge in [-0.15, -0.1) is 0 Å². The third-order valence-corrected chi connectivity index (χ3v) is 8.18. The Kier molecular flexibility index (Phi) is 7.57. The van der Waals surface area contributed by atoms with Gasteiger partial charge in [-0.05, 0) is 144 Å². The molecule has 0 aliphatic carbocycles. The second-order valence-electron chi connectivity index (χ2n) is 11.2. The Labute approximate surface area is 246 Å². The van der Waals surface area contributed by atoms with E-state index in [-0.39, 0.29) is 11.1 Å². The topological polar surface area (TPSA) is 74.6 Å². The molecule has 0 aliphatic heterocycles. The van der Waals surface area contributed by atoms with Crippen LogP contribution in [0, 0.1) is 41.5 Å². The molecule has 0 unspecified atom stereocenters. The van der Waals surface area contributed by atoms with Crippen molar-refractivity contribution in [2.24, 2.45) is 0 Å². The van der Waals surface area contributed by atoms with Crippen LogP contribution in [0.2, 0.25) is 0 Å². The molecule has 42 heavy (non-hydrogen) atoms. The predicted octanol–water partition coefficient (Wildman–Crippen LogP) is 9.60. The summed E-state index contributed by atoms with van der Waals surface area (Å²) < 4.78 is 0. The van der Waals surface area contributed by atoms with Crippen molar-refractivity contribution in [2.75, 3.05) is 0 Å². The third-order valence-electron chi connectivity index (χ3n) is 8.18. The maximum absolute atomic E-state index is 11.3. The molecule has 4 nitrogen and oxygen atoms in total. The van der Waals surface area contributed by atoms with E-state index in [2.05, 4.69) is 77.9 Å². The molecule has 0 amide bonds. The van der Waals surface area contributed by atoms with E-state index in [4.69, 9.17) is 0 Å². The summed E-state index contributed by atoms with van der Waals surface area (Å²) >= 11 is 0. The highest BCUT2D eigenvalue weighted by atomic mass is 16.4. The van der Waals surface area contributed by atoms with Crippen molar-refractivity contribution >= 4 is 11.9 Å². The lowest BCUT2D eigenvalue weighted by molar-refractivity contribution is 0.0686. The number of aromatic carboxylic acids is 2. The van der Waals surface area contributed by atoms with Crippen LogP contribution in [0.5, 0.6) is 0 Å². The molecule has 0 radical (unpaired) electrons. The summed E-state index contributed by atoms with van der Waals surface area (Å²) in [7, 11) is 0. The van der Waals surface area contributed by atoms with Gasteiger partial charge in [0.1, 0.15) is 0 Å². The minimum Gasteiger partial charge on any atom is -0.478 e. The zero-order valence-corrected chi connectivity index (χ0v) is 24.8. The van der Waals surface area contributed by atoms with E-state index in [1.807, 2.05) is 24.3 Å². The number of carboxylic acid groups (broad SMARTS) is 2. The normalized spacial score (nSPS) is 11.0. The van der Waals surface area contributed by atoms with E-state index < -0.39 is 11.9 Å². The van der Waals surface area contributed by atoms with Crippen LogP contribution in [0.3, 0.4) is 0 Å². The Morgan fingerprint density at radius 1 is 0.381 bits per heavy atom. The van der Waals surface area contributed by atoms with Crippen LogP contribution in [0.1, 0.15) is 54.1 Å². The lowest BCUT2D eigenvalue weighted by Crippen LogP contribution is -1.97. The number of hydrogen-bond acceptors (Lipinski definition) is 2. The van der Waals surface area contributed by atoms with Gasteiger partial charge in [-0.1, -0.05) is 60.7 Å². The molecule has 0 aliphatic rings. The first-order valence-corrected chi connectivity index (χ1v) is 14.0. The Bertz CT molecular complexity index is 1720. The highest BCUT2D eigenvalue weighted by molar-refractivity contribution is 5.90. The molecule has 5 aromatic carbocycles. The predicted molar refractivity (Wildman–Crippen MR) is 171 cm³/mol. The Morgan fingerprint density at radius 3 is 0.833 bits per heavy atom. The summed E-state index contributed by atoms with van der Waals surface area (Å²) in [4.78, 5) is 22.5. The zero-order valence-electron chi connectivity index (χ0n) is 24.8. The summed E-state index contributed by atoms with van der Waals surface area (Å²) in [5.41, 5.74) is 16.6. The van der Waals surface area contributed by atoms with Gasteiger partial charge in [0.2, 0.25) is 0 Å². The van der Waals surface area contributed by atoms with E-state index in [0.29, 0.717) is 0 Å². The molecular formula is C38H34O4. The zero-order chi connectivity index (χ0) is 30.3. The first kappa shape index (κ1) is 28.6. The summed E-state index contributed by atoms with van der Waals surface area (Å²) in [5.74, 6) is -1.85. The Hall–Kier alpha value is -4.96. The SMILES string of the molecule is Cc1cc(-c2cc(C)c(-c3cc(C)c(-c4ccc(C(=O)O)cc4)cc3C)cc2C)c(C)cc1-c1ccc(C(=O)O)cc1. The van der Waals surface area contributed by atoms with Gasteiger partial charge in [0, 0.05) is 0 Å². The Morgan fingerprint density at radius 2 is 0.595 bits per heavy atom. The third kappa shape index (κ3) is 5.36. The van der Waals surface area contributed by atoms with Gasteiger partial charge in [-0.25, -0.2) is 9.59 Å². The number of rotatable bonds is 6. The number of aryl methyl sites for hydroxylation is 6. The molecule has 0 saturated carbocycles. The second kappa shape index (κ2) is 11.1. The van der Waals surface area contributed by atoms with Crippen LogP contribution in [-0.2, 0) is 0 Å². The maximum atomic E-state index is 11.3. The van der Waals surface area contributed by atoms with Crippen molar-refractivity contribution in [3.8, 4) is 44.5 Å². The summed E-state index contributed by atoms with van der Waals surface area (Å²) in [6.07, 6.45) is 0. The first-order chi connectivity index (χ1) is 19.9. The molecule has 2 N–H and O–H groups in total. The second-order valence-corrected chi connectivity index (χ2v) is 11.2. The maximum Gasteiger partial charge on any atom is 0.335 e. The van der Waals surface area contributed by atoms with E-state index in [1.54, 1.807) is 24.3 Å². The Balaban J connectivity index is 1.51. The van der Waals surface area contributed by atoms with Crippen molar-refractivity contribution in [1.29, 1.82) is 0 Å². The van der Waals surface area contributed by atoms with Crippen molar-refractivity contribution < 1.29 is 19.8 Å². The lowest BCUT2D eigenvalue weighted by Gasteiger charge is -2.19. The molecule has 0 aromatic heterocycles. The molecule has 0 saturated heterocycles. The number of carboxylic acids is 2. The minimum absolute atomic E-state index is 0.283. The lowest BCUT2D eigenvalue weighted by atomic mass is 9.85. The standard InChI is InChI=1S/C38H34O4/c1-21-17-33(23(3)15-31(21)27-7-11-29(12-8-27)37(39)40)35-19-26(6)36(20-25(35)5)34-18-22(2)32(16-24(34)4)28-9-13-30(14-10-28)38(41)42/h7-20H,1-6H3,(H,39,40)(H,41,42). The van der Waals surface area contributed by atoms with Gasteiger partial charge in [-0.2, -0.15) is 0 Å². The van der Waals surface area contributed by atoms with Gasteiger partial charge in [0.05, 0.1) is 11.1 Å². The van der Waals surface area contributed by atoms with Gasteiger partial charge < -0.3 is 10.2 Å². The van der Waals surface area contributed by atoms with Gasteiger partial charge in [-0.3, -0.25) is 0 Å². The van der Waals surface area contributed by atoms with Gasteiger partial charge in [0.15, 0.2) is 0 Å². The average molecular weight is 555 g/mol. The fraction of sp³-hybridized carbons (Fsp3) is 0.158. The van der Waals surface area contributed by atoms with Crippen LogP contribution in [0.25, 0.3) is 44.5 Å². The van der Waals surface area contributed by atoms with Gasteiger partial charge >= 0.3 is 11.9 Å². The molecule has 0 heterocycles. The van der Waals surface area contributed by atoms with E-state index in [1.165, 1.54) is 44.5 Å². The fourth-order valence-corrected chi connectivity index (χ4v) is 5.82. The van der Waals surface area contributed by atoms with Crippen LogP contribution < -0.4 is 0 Å². The van der Waals surface area contributed by atoms with Crippen molar-refractivity contribution in [3.05, 3.63) is 129 Å². The number of carbonyl (C=O) groups is 2. The smallest absolute Gasteiger partial charge is 0.335 e. The molecule has 0 bridgehead atoms. The largest absolute Gasteiger partial charge is 0.478 e. The summed E-state index contributed by atoms with van der Waals surface area (Å²) in [5, 5.41) is 18.5. The van der Waals surface area contributed by atoms with Crippen LogP contribution in [0.15, 0.2) is 84.9 Å². The molecule has 210 valence electrons.